The average molecular weight is 452 g/mol. The zero-order valence-corrected chi connectivity index (χ0v) is 18.4. The van der Waals surface area contributed by atoms with Crippen LogP contribution in [0.3, 0.4) is 0 Å². The number of halogens is 1. The van der Waals surface area contributed by atoms with E-state index in [4.69, 9.17) is 11.6 Å². The molecular formula is C23H26FN7O2. The number of hydrazone groups is 1. The zero-order valence-electron chi connectivity index (χ0n) is 18.4. The summed E-state index contributed by atoms with van der Waals surface area (Å²) in [5.74, 6) is 5.11. The molecule has 2 aromatic carbocycles. The number of carbonyl (C=O) groups is 2. The van der Waals surface area contributed by atoms with E-state index in [9.17, 15) is 14.0 Å². The van der Waals surface area contributed by atoms with E-state index >= 15 is 0 Å². The molecule has 0 aliphatic carbocycles. The first-order valence-electron chi connectivity index (χ1n) is 10.1. The minimum Gasteiger partial charge on any atom is -0.382 e. The first-order chi connectivity index (χ1) is 15.9. The fourth-order valence-electron chi connectivity index (χ4n) is 2.62. The van der Waals surface area contributed by atoms with Gasteiger partial charge in [0.2, 0.25) is 6.41 Å². The number of nitrogens with one attached hydrogen (secondary N) is 2. The van der Waals surface area contributed by atoms with Gasteiger partial charge < -0.3 is 22.2 Å². The Balaban J connectivity index is 0.000000321. The predicted octanol–water partition coefficient (Wildman–Crippen LogP) is 2.25. The van der Waals surface area contributed by atoms with Crippen molar-refractivity contribution >= 4 is 24.0 Å². The second kappa shape index (κ2) is 12.5. The Hall–Kier alpha value is -4.34. The minimum absolute atomic E-state index is 0.0978. The summed E-state index contributed by atoms with van der Waals surface area (Å²) in [6.07, 6.45) is 2.57. The lowest BCUT2D eigenvalue weighted by atomic mass is 10.1. The molecule has 0 fully saturated rings. The van der Waals surface area contributed by atoms with Crippen molar-refractivity contribution in [1.29, 1.82) is 0 Å². The van der Waals surface area contributed by atoms with Crippen LogP contribution in [-0.2, 0) is 17.8 Å². The van der Waals surface area contributed by atoms with E-state index < -0.39 is 0 Å². The number of nitrogens with zero attached hydrogens (tertiary/aromatic N) is 3. The van der Waals surface area contributed by atoms with Crippen LogP contribution in [0.1, 0.15) is 39.7 Å². The topological polar surface area (TPSA) is 148 Å². The molecule has 0 saturated carbocycles. The monoisotopic (exact) mass is 451 g/mol. The van der Waals surface area contributed by atoms with E-state index in [-0.39, 0.29) is 29.1 Å². The third-order valence-electron chi connectivity index (χ3n) is 4.59. The highest BCUT2D eigenvalue weighted by molar-refractivity contribution is 5.97. The molecule has 172 valence electrons. The summed E-state index contributed by atoms with van der Waals surface area (Å²) >= 11 is 0. The fraction of sp³-hybridized carbons (Fsp3) is 0.174. The number of aromatic nitrogens is 2. The van der Waals surface area contributed by atoms with Crippen LogP contribution in [0, 0.1) is 12.7 Å². The lowest BCUT2D eigenvalue weighted by Gasteiger charge is -2.06. The average Bonchev–Trinajstić information content (AvgIpc) is 2.85. The van der Waals surface area contributed by atoms with Crippen LogP contribution in [0.2, 0.25) is 0 Å². The number of rotatable bonds is 7. The van der Waals surface area contributed by atoms with E-state index in [0.29, 0.717) is 18.5 Å². The maximum absolute atomic E-state index is 12.8. The normalized spacial score (nSPS) is 10.6. The molecule has 0 spiro atoms. The van der Waals surface area contributed by atoms with E-state index in [1.54, 1.807) is 37.3 Å². The van der Waals surface area contributed by atoms with Crippen LogP contribution in [0.15, 0.2) is 60.0 Å². The largest absolute Gasteiger partial charge is 0.382 e. The number of anilines is 1. The molecule has 3 aromatic rings. The van der Waals surface area contributed by atoms with E-state index in [1.165, 1.54) is 12.4 Å². The Morgan fingerprint density at radius 2 is 1.82 bits per heavy atom. The molecule has 0 aliphatic rings. The SMILES string of the molecule is CCc1ccc(C)c(F)c1.N/N=C(\N)c1ccc(CNC(=O)c2cc(NC=O)ncn2)cc1. The minimum atomic E-state index is -0.381. The molecule has 33 heavy (non-hydrogen) atoms. The van der Waals surface area contributed by atoms with Gasteiger partial charge in [-0.15, -0.1) is 0 Å². The van der Waals surface area contributed by atoms with Gasteiger partial charge in [-0.05, 0) is 36.1 Å². The van der Waals surface area contributed by atoms with Gasteiger partial charge in [-0.2, -0.15) is 5.10 Å². The van der Waals surface area contributed by atoms with Gasteiger partial charge in [0.1, 0.15) is 29.5 Å². The number of nitrogens with two attached hydrogens (primary N) is 2. The lowest BCUT2D eigenvalue weighted by Crippen LogP contribution is -2.24. The number of amidine groups is 1. The Kier molecular flexibility index (Phi) is 9.44. The lowest BCUT2D eigenvalue weighted by molar-refractivity contribution is -0.105. The molecule has 0 bridgehead atoms. The molecular weight excluding hydrogens is 425 g/mol. The van der Waals surface area contributed by atoms with Crippen molar-refractivity contribution in [2.45, 2.75) is 26.8 Å². The van der Waals surface area contributed by atoms with Gasteiger partial charge in [-0.25, -0.2) is 14.4 Å². The number of amides is 2. The molecule has 0 radical (unpaired) electrons. The first-order valence-corrected chi connectivity index (χ1v) is 10.1. The van der Waals surface area contributed by atoms with E-state index in [2.05, 4.69) is 25.7 Å². The van der Waals surface area contributed by atoms with Crippen LogP contribution in [0.4, 0.5) is 10.2 Å². The van der Waals surface area contributed by atoms with Gasteiger partial charge in [0.25, 0.3) is 5.91 Å². The quantitative estimate of drug-likeness (QED) is 0.142. The van der Waals surface area contributed by atoms with Crippen LogP contribution in [0.5, 0.6) is 0 Å². The maximum Gasteiger partial charge on any atom is 0.270 e. The smallest absolute Gasteiger partial charge is 0.270 e. The summed E-state index contributed by atoms with van der Waals surface area (Å²) in [4.78, 5) is 30.0. The molecule has 3 rings (SSSR count). The Morgan fingerprint density at radius 3 is 2.42 bits per heavy atom. The molecule has 6 N–H and O–H groups in total. The zero-order chi connectivity index (χ0) is 24.2. The van der Waals surface area contributed by atoms with Crippen molar-refractivity contribution in [3.05, 3.63) is 88.6 Å². The molecule has 0 saturated heterocycles. The second-order valence-corrected chi connectivity index (χ2v) is 6.88. The maximum atomic E-state index is 12.8. The van der Waals surface area contributed by atoms with Crippen molar-refractivity contribution in [2.75, 3.05) is 5.32 Å². The highest BCUT2D eigenvalue weighted by Gasteiger charge is 2.08. The Bertz CT molecular complexity index is 1120. The van der Waals surface area contributed by atoms with Crippen molar-refractivity contribution in [3.63, 3.8) is 0 Å². The van der Waals surface area contributed by atoms with Gasteiger partial charge in [-0.3, -0.25) is 9.59 Å². The van der Waals surface area contributed by atoms with Crippen LogP contribution in [0.25, 0.3) is 0 Å². The standard InChI is InChI=1S/C14H15N7O2.C9H11F/c15-13(21-16)10-3-1-9(2-4-10)6-17-14(23)11-5-12(20-8-22)19-7-18-11;1-3-8-5-4-7(2)9(10)6-8/h1-5,7-8H,6,16H2,(H2,15,21)(H,17,23)(H,18,19,20,22);4-6H,3H2,1-2H3. The third-order valence-corrected chi connectivity index (χ3v) is 4.59. The highest BCUT2D eigenvalue weighted by Crippen LogP contribution is 2.09. The molecule has 0 aliphatic heterocycles. The number of carbonyl (C=O) groups excluding carboxylic acids is 2. The molecule has 0 unspecified atom stereocenters. The van der Waals surface area contributed by atoms with Gasteiger partial charge in [-0.1, -0.05) is 43.3 Å². The molecule has 1 heterocycles. The fourth-order valence-corrected chi connectivity index (χ4v) is 2.62. The number of hydrogen-bond donors (Lipinski definition) is 4. The second-order valence-electron chi connectivity index (χ2n) is 6.88. The first kappa shape index (κ1) is 24.9. The molecule has 0 atom stereocenters. The third kappa shape index (κ3) is 7.69. The van der Waals surface area contributed by atoms with E-state index in [0.717, 1.165) is 23.1 Å². The summed E-state index contributed by atoms with van der Waals surface area (Å²) in [7, 11) is 0. The molecule has 10 heteroatoms. The molecule has 1 aromatic heterocycles. The number of aryl methyl sites for hydroxylation is 2. The van der Waals surface area contributed by atoms with Crippen LogP contribution < -0.4 is 22.2 Å². The Labute approximate surface area is 191 Å². The number of hydrogen-bond acceptors (Lipinski definition) is 6. The summed E-state index contributed by atoms with van der Waals surface area (Å²) in [6.45, 7) is 4.10. The summed E-state index contributed by atoms with van der Waals surface area (Å²) < 4.78 is 12.8. The van der Waals surface area contributed by atoms with Crippen LogP contribution in [-0.4, -0.2) is 28.1 Å². The van der Waals surface area contributed by atoms with Crippen molar-refractivity contribution in [1.82, 2.24) is 15.3 Å². The van der Waals surface area contributed by atoms with Gasteiger partial charge in [0, 0.05) is 18.2 Å². The van der Waals surface area contributed by atoms with Gasteiger partial charge in [0.05, 0.1) is 0 Å². The predicted molar refractivity (Wildman–Crippen MR) is 125 cm³/mol. The van der Waals surface area contributed by atoms with E-state index in [1.807, 2.05) is 19.1 Å². The molecule has 9 nitrogen and oxygen atoms in total. The number of benzene rings is 2. The van der Waals surface area contributed by atoms with Crippen molar-refractivity contribution < 1.29 is 14.0 Å². The highest BCUT2D eigenvalue weighted by atomic mass is 19.1. The molecule has 2 amide bonds. The van der Waals surface area contributed by atoms with Crippen molar-refractivity contribution in [3.8, 4) is 0 Å². The van der Waals surface area contributed by atoms with Crippen molar-refractivity contribution in [2.24, 2.45) is 16.7 Å². The van der Waals surface area contributed by atoms with Gasteiger partial charge in [0.15, 0.2) is 0 Å². The van der Waals surface area contributed by atoms with Gasteiger partial charge >= 0.3 is 0 Å². The summed E-state index contributed by atoms with van der Waals surface area (Å²) in [5.41, 5.74) is 9.09. The summed E-state index contributed by atoms with van der Waals surface area (Å²) in [6, 6.07) is 13.8. The summed E-state index contributed by atoms with van der Waals surface area (Å²) in [5, 5.41) is 8.48. The Morgan fingerprint density at radius 1 is 1.12 bits per heavy atom. The van der Waals surface area contributed by atoms with Crippen LogP contribution >= 0.6 is 0 Å².